The Morgan fingerprint density at radius 2 is 1.90 bits per heavy atom. The van der Waals surface area contributed by atoms with Gasteiger partial charge < -0.3 is 4.74 Å². The van der Waals surface area contributed by atoms with Gasteiger partial charge in [-0.15, -0.1) is 0 Å². The first-order chi connectivity index (χ1) is 9.61. The molecule has 2 rings (SSSR count). The number of benzene rings is 2. The van der Waals surface area contributed by atoms with Crippen LogP contribution in [0.5, 0.6) is 5.75 Å². The number of ketones is 1. The van der Waals surface area contributed by atoms with Gasteiger partial charge in [-0.25, -0.2) is 4.39 Å². The SMILES string of the molecule is CCC(=O)c1ccc(OCc2c(F)cccc2Cl)cc1. The second-order valence-electron chi connectivity index (χ2n) is 4.29. The van der Waals surface area contributed by atoms with Gasteiger partial charge in [-0.05, 0) is 36.4 Å². The molecule has 0 bridgehead atoms. The van der Waals surface area contributed by atoms with Gasteiger partial charge in [0, 0.05) is 17.5 Å². The predicted octanol–water partition coefficient (Wildman–Crippen LogP) is 4.65. The Balaban J connectivity index is 2.06. The van der Waals surface area contributed by atoms with Crippen LogP contribution in [0.4, 0.5) is 4.39 Å². The molecule has 2 nitrogen and oxygen atoms in total. The number of Topliss-reactive ketones (excluding diaryl/α,β-unsaturated/α-hetero) is 1. The molecule has 2 aromatic rings. The fraction of sp³-hybridized carbons (Fsp3) is 0.188. The molecule has 20 heavy (non-hydrogen) atoms. The lowest BCUT2D eigenvalue weighted by Gasteiger charge is -2.09. The van der Waals surface area contributed by atoms with Crippen molar-refractivity contribution in [2.75, 3.05) is 0 Å². The highest BCUT2D eigenvalue weighted by molar-refractivity contribution is 6.31. The molecule has 0 aromatic heterocycles. The first-order valence-corrected chi connectivity index (χ1v) is 6.68. The van der Waals surface area contributed by atoms with Crippen molar-refractivity contribution in [3.05, 3.63) is 64.4 Å². The van der Waals surface area contributed by atoms with Crippen molar-refractivity contribution in [3.8, 4) is 5.75 Å². The Kier molecular flexibility index (Phi) is 4.74. The number of rotatable bonds is 5. The van der Waals surface area contributed by atoms with E-state index in [0.29, 0.717) is 28.3 Å². The zero-order valence-corrected chi connectivity index (χ0v) is 11.8. The molecule has 0 aliphatic rings. The van der Waals surface area contributed by atoms with Crippen molar-refractivity contribution in [2.45, 2.75) is 20.0 Å². The Morgan fingerprint density at radius 3 is 2.50 bits per heavy atom. The molecular formula is C16H14ClFO2. The first-order valence-electron chi connectivity index (χ1n) is 6.30. The normalized spacial score (nSPS) is 10.3. The highest BCUT2D eigenvalue weighted by Gasteiger charge is 2.08. The molecule has 4 heteroatoms. The molecule has 0 N–H and O–H groups in total. The maximum Gasteiger partial charge on any atom is 0.162 e. The van der Waals surface area contributed by atoms with Crippen LogP contribution in [0.1, 0.15) is 29.3 Å². The van der Waals surface area contributed by atoms with Gasteiger partial charge in [0.05, 0.1) is 5.02 Å². The van der Waals surface area contributed by atoms with Gasteiger partial charge in [0.2, 0.25) is 0 Å². The maximum absolute atomic E-state index is 13.6. The van der Waals surface area contributed by atoms with Gasteiger partial charge in [0.1, 0.15) is 18.2 Å². The van der Waals surface area contributed by atoms with Crippen LogP contribution in [0.3, 0.4) is 0 Å². The van der Waals surface area contributed by atoms with E-state index in [9.17, 15) is 9.18 Å². The standard InChI is InChI=1S/C16H14ClFO2/c1-2-16(19)11-6-8-12(9-7-11)20-10-13-14(17)4-3-5-15(13)18/h3-9H,2,10H2,1H3. The van der Waals surface area contributed by atoms with E-state index in [4.69, 9.17) is 16.3 Å². The minimum atomic E-state index is -0.393. The summed E-state index contributed by atoms with van der Waals surface area (Å²) in [6.45, 7) is 1.86. The number of hydrogen-bond acceptors (Lipinski definition) is 2. The van der Waals surface area contributed by atoms with Crippen molar-refractivity contribution in [1.29, 1.82) is 0 Å². The highest BCUT2D eigenvalue weighted by atomic mass is 35.5. The average molecular weight is 293 g/mol. The fourth-order valence-corrected chi connectivity index (χ4v) is 1.98. The predicted molar refractivity (Wildman–Crippen MR) is 76.8 cm³/mol. The molecule has 0 radical (unpaired) electrons. The van der Waals surface area contributed by atoms with Crippen LogP contribution in [0.15, 0.2) is 42.5 Å². The maximum atomic E-state index is 13.6. The summed E-state index contributed by atoms with van der Waals surface area (Å²) in [4.78, 5) is 11.5. The topological polar surface area (TPSA) is 26.3 Å². The number of ether oxygens (including phenoxy) is 1. The molecule has 0 spiro atoms. The summed E-state index contributed by atoms with van der Waals surface area (Å²) in [5, 5.41) is 0.336. The molecule has 0 saturated carbocycles. The number of halogens is 2. The molecule has 0 heterocycles. The van der Waals surface area contributed by atoms with Crippen molar-refractivity contribution in [1.82, 2.24) is 0 Å². The summed E-state index contributed by atoms with van der Waals surface area (Å²) in [5.74, 6) is 0.251. The van der Waals surface area contributed by atoms with Gasteiger partial charge in [-0.3, -0.25) is 4.79 Å². The van der Waals surface area contributed by atoms with Gasteiger partial charge >= 0.3 is 0 Å². The van der Waals surface area contributed by atoms with E-state index in [1.807, 2.05) is 6.92 Å². The van der Waals surface area contributed by atoms with Crippen LogP contribution in [-0.2, 0) is 6.61 Å². The van der Waals surface area contributed by atoms with Crippen molar-refractivity contribution >= 4 is 17.4 Å². The third-order valence-corrected chi connectivity index (χ3v) is 3.30. The van der Waals surface area contributed by atoms with E-state index >= 15 is 0 Å². The molecule has 0 amide bonds. The lowest BCUT2D eigenvalue weighted by Crippen LogP contribution is -2.00. The smallest absolute Gasteiger partial charge is 0.162 e. The lowest BCUT2D eigenvalue weighted by molar-refractivity contribution is 0.0988. The van der Waals surface area contributed by atoms with Crippen LogP contribution in [-0.4, -0.2) is 5.78 Å². The molecule has 104 valence electrons. The average Bonchev–Trinajstić information content (AvgIpc) is 2.46. The largest absolute Gasteiger partial charge is 0.489 e. The lowest BCUT2D eigenvalue weighted by atomic mass is 10.1. The summed E-state index contributed by atoms with van der Waals surface area (Å²) >= 11 is 5.92. The van der Waals surface area contributed by atoms with Crippen LogP contribution < -0.4 is 4.74 Å². The van der Waals surface area contributed by atoms with Crippen molar-refractivity contribution < 1.29 is 13.9 Å². The molecule has 0 saturated heterocycles. The molecule has 0 aliphatic carbocycles. The second kappa shape index (κ2) is 6.53. The van der Waals surface area contributed by atoms with Gasteiger partial charge in [-0.2, -0.15) is 0 Å². The van der Waals surface area contributed by atoms with Crippen LogP contribution in [0.2, 0.25) is 5.02 Å². The third kappa shape index (κ3) is 3.36. The molecular weight excluding hydrogens is 279 g/mol. The quantitative estimate of drug-likeness (QED) is 0.750. The zero-order valence-electron chi connectivity index (χ0n) is 11.0. The number of hydrogen-bond donors (Lipinski definition) is 0. The minimum Gasteiger partial charge on any atom is -0.489 e. The van der Waals surface area contributed by atoms with E-state index < -0.39 is 5.82 Å². The third-order valence-electron chi connectivity index (χ3n) is 2.94. The van der Waals surface area contributed by atoms with Crippen LogP contribution in [0, 0.1) is 5.82 Å². The fourth-order valence-electron chi connectivity index (χ4n) is 1.77. The number of carbonyl (C=O) groups excluding carboxylic acids is 1. The Morgan fingerprint density at radius 1 is 1.20 bits per heavy atom. The van der Waals surface area contributed by atoms with Crippen LogP contribution >= 0.6 is 11.6 Å². The molecule has 0 unspecified atom stereocenters. The Bertz CT molecular complexity index is 588. The van der Waals surface area contributed by atoms with Gasteiger partial charge in [0.25, 0.3) is 0 Å². The first kappa shape index (κ1) is 14.5. The van der Waals surface area contributed by atoms with E-state index in [1.165, 1.54) is 6.07 Å². The summed E-state index contributed by atoms with van der Waals surface area (Å²) in [7, 11) is 0. The van der Waals surface area contributed by atoms with Crippen LogP contribution in [0.25, 0.3) is 0 Å². The van der Waals surface area contributed by atoms with E-state index in [0.717, 1.165) is 0 Å². The summed E-state index contributed by atoms with van der Waals surface area (Å²) < 4.78 is 19.0. The highest BCUT2D eigenvalue weighted by Crippen LogP contribution is 2.21. The second-order valence-corrected chi connectivity index (χ2v) is 4.70. The van der Waals surface area contributed by atoms with E-state index in [-0.39, 0.29) is 12.4 Å². The molecule has 0 aliphatic heterocycles. The zero-order chi connectivity index (χ0) is 14.5. The Labute approximate surface area is 122 Å². The minimum absolute atomic E-state index is 0.0482. The summed E-state index contributed by atoms with van der Waals surface area (Å²) in [6.07, 6.45) is 0.463. The Hall–Kier alpha value is -1.87. The van der Waals surface area contributed by atoms with E-state index in [2.05, 4.69) is 0 Å². The van der Waals surface area contributed by atoms with E-state index in [1.54, 1.807) is 36.4 Å². The van der Waals surface area contributed by atoms with Gasteiger partial charge in [-0.1, -0.05) is 24.6 Å². The summed E-state index contributed by atoms with van der Waals surface area (Å²) in [6, 6.07) is 11.3. The monoisotopic (exact) mass is 292 g/mol. The molecule has 0 fully saturated rings. The van der Waals surface area contributed by atoms with Crippen molar-refractivity contribution in [2.24, 2.45) is 0 Å². The van der Waals surface area contributed by atoms with Crippen molar-refractivity contribution in [3.63, 3.8) is 0 Å². The summed E-state index contributed by atoms with van der Waals surface area (Å²) in [5.41, 5.74) is 0.964. The molecule has 0 atom stereocenters. The number of carbonyl (C=O) groups is 1. The van der Waals surface area contributed by atoms with Gasteiger partial charge in [0.15, 0.2) is 5.78 Å². The molecule has 2 aromatic carbocycles.